The molecule has 3 rings (SSSR count). The van der Waals surface area contributed by atoms with E-state index in [1.54, 1.807) is 13.0 Å². The standard InChI is InChI=1S/C16H13NO3S/c1-10-6-7-11(8-12(10)16(18)19)21-9-15-17-13-4-2-3-5-14(13)20-15/h2-8H,9H2,1H3,(H,18,19). The molecule has 5 heteroatoms. The summed E-state index contributed by atoms with van der Waals surface area (Å²) in [6, 6.07) is 13.0. The number of rotatable bonds is 4. The molecule has 0 fully saturated rings. The van der Waals surface area contributed by atoms with Crippen molar-refractivity contribution in [1.29, 1.82) is 0 Å². The summed E-state index contributed by atoms with van der Waals surface area (Å²) in [5, 5.41) is 9.13. The van der Waals surface area contributed by atoms with Gasteiger partial charge in [0.05, 0.1) is 11.3 Å². The van der Waals surface area contributed by atoms with E-state index in [0.29, 0.717) is 17.2 Å². The highest BCUT2D eigenvalue weighted by molar-refractivity contribution is 7.98. The number of hydrogen-bond acceptors (Lipinski definition) is 4. The predicted octanol–water partition coefficient (Wildman–Crippen LogP) is 4.13. The molecule has 0 radical (unpaired) electrons. The van der Waals surface area contributed by atoms with Crippen LogP contribution in [0.1, 0.15) is 21.8 Å². The average Bonchev–Trinajstić information content (AvgIpc) is 2.89. The Hall–Kier alpha value is -2.27. The van der Waals surface area contributed by atoms with Crippen molar-refractivity contribution in [2.45, 2.75) is 17.6 Å². The van der Waals surface area contributed by atoms with Gasteiger partial charge in [-0.05, 0) is 36.8 Å². The van der Waals surface area contributed by atoms with Gasteiger partial charge in [0, 0.05) is 4.90 Å². The van der Waals surface area contributed by atoms with Gasteiger partial charge in [-0.15, -0.1) is 11.8 Å². The van der Waals surface area contributed by atoms with Gasteiger partial charge < -0.3 is 9.52 Å². The molecule has 0 spiro atoms. The first kappa shape index (κ1) is 13.7. The fraction of sp³-hybridized carbons (Fsp3) is 0.125. The first-order chi connectivity index (χ1) is 10.1. The molecule has 1 N–H and O–H groups in total. The molecule has 0 aliphatic rings. The quantitative estimate of drug-likeness (QED) is 0.734. The van der Waals surface area contributed by atoms with Gasteiger partial charge in [0.15, 0.2) is 5.58 Å². The smallest absolute Gasteiger partial charge is 0.335 e. The lowest BCUT2D eigenvalue weighted by atomic mass is 10.1. The van der Waals surface area contributed by atoms with Crippen LogP contribution in [0.15, 0.2) is 51.8 Å². The molecule has 0 saturated heterocycles. The van der Waals surface area contributed by atoms with Crippen LogP contribution in [-0.4, -0.2) is 16.1 Å². The molecule has 3 aromatic rings. The number of benzene rings is 2. The monoisotopic (exact) mass is 299 g/mol. The first-order valence-electron chi connectivity index (χ1n) is 6.44. The molecule has 0 bridgehead atoms. The molecule has 0 amide bonds. The molecule has 106 valence electrons. The normalized spacial score (nSPS) is 10.9. The molecular formula is C16H13NO3S. The molecule has 0 aliphatic heterocycles. The minimum absolute atomic E-state index is 0.331. The molecule has 21 heavy (non-hydrogen) atoms. The fourth-order valence-corrected chi connectivity index (χ4v) is 2.83. The summed E-state index contributed by atoms with van der Waals surface area (Å²) in [5.41, 5.74) is 2.69. The van der Waals surface area contributed by atoms with Gasteiger partial charge in [0.2, 0.25) is 5.89 Å². The summed E-state index contributed by atoms with van der Waals surface area (Å²) in [7, 11) is 0. The van der Waals surface area contributed by atoms with E-state index in [1.165, 1.54) is 11.8 Å². The van der Waals surface area contributed by atoms with E-state index in [2.05, 4.69) is 4.98 Å². The van der Waals surface area contributed by atoms with Gasteiger partial charge >= 0.3 is 5.97 Å². The minimum Gasteiger partial charge on any atom is -0.478 e. The Balaban J connectivity index is 1.78. The highest BCUT2D eigenvalue weighted by Crippen LogP contribution is 2.26. The fourth-order valence-electron chi connectivity index (χ4n) is 2.05. The Kier molecular flexibility index (Phi) is 3.66. The largest absolute Gasteiger partial charge is 0.478 e. The maximum atomic E-state index is 11.1. The van der Waals surface area contributed by atoms with Crippen LogP contribution in [0.4, 0.5) is 0 Å². The lowest BCUT2D eigenvalue weighted by molar-refractivity contribution is 0.0696. The van der Waals surface area contributed by atoms with Crippen molar-refractivity contribution in [3.63, 3.8) is 0 Å². The van der Waals surface area contributed by atoms with Crippen LogP contribution in [0.3, 0.4) is 0 Å². The molecule has 0 aliphatic carbocycles. The van der Waals surface area contributed by atoms with E-state index in [1.807, 2.05) is 36.4 Å². The Morgan fingerprint density at radius 3 is 2.86 bits per heavy atom. The molecule has 0 unspecified atom stereocenters. The molecule has 0 atom stereocenters. The molecule has 1 aromatic heterocycles. The van der Waals surface area contributed by atoms with Crippen molar-refractivity contribution in [1.82, 2.24) is 4.98 Å². The van der Waals surface area contributed by atoms with Crippen LogP contribution in [0, 0.1) is 6.92 Å². The van der Waals surface area contributed by atoms with E-state index in [4.69, 9.17) is 9.52 Å². The lowest BCUT2D eigenvalue weighted by Crippen LogP contribution is -1.99. The van der Waals surface area contributed by atoms with Crippen molar-refractivity contribution in [2.75, 3.05) is 0 Å². The van der Waals surface area contributed by atoms with Crippen LogP contribution in [0.5, 0.6) is 0 Å². The second kappa shape index (κ2) is 5.61. The zero-order valence-corrected chi connectivity index (χ0v) is 12.2. The van der Waals surface area contributed by atoms with Gasteiger partial charge in [0.1, 0.15) is 5.52 Å². The third-order valence-corrected chi connectivity index (χ3v) is 4.12. The number of oxazole rings is 1. The summed E-state index contributed by atoms with van der Waals surface area (Å²) >= 11 is 1.51. The molecule has 0 saturated carbocycles. The van der Waals surface area contributed by atoms with Gasteiger partial charge in [-0.25, -0.2) is 9.78 Å². The number of aryl methyl sites for hydroxylation is 1. The SMILES string of the molecule is Cc1ccc(SCc2nc3ccccc3o2)cc1C(=O)O. The van der Waals surface area contributed by atoms with E-state index in [-0.39, 0.29) is 0 Å². The van der Waals surface area contributed by atoms with Gasteiger partial charge in [-0.1, -0.05) is 18.2 Å². The number of para-hydroxylation sites is 2. The van der Waals surface area contributed by atoms with Crippen LogP contribution in [-0.2, 0) is 5.75 Å². The predicted molar refractivity (Wildman–Crippen MR) is 81.7 cm³/mol. The van der Waals surface area contributed by atoms with E-state index >= 15 is 0 Å². The Bertz CT molecular complexity index is 777. The lowest BCUT2D eigenvalue weighted by Gasteiger charge is -2.04. The summed E-state index contributed by atoms with van der Waals surface area (Å²) in [6.45, 7) is 1.79. The van der Waals surface area contributed by atoms with E-state index < -0.39 is 5.97 Å². The van der Waals surface area contributed by atoms with Crippen molar-refractivity contribution in [2.24, 2.45) is 0 Å². The number of carboxylic acids is 1. The molecule has 1 heterocycles. The number of fused-ring (bicyclic) bond motifs is 1. The van der Waals surface area contributed by atoms with Gasteiger partial charge in [-0.3, -0.25) is 0 Å². The van der Waals surface area contributed by atoms with Crippen molar-refractivity contribution < 1.29 is 14.3 Å². The highest BCUT2D eigenvalue weighted by atomic mass is 32.2. The van der Waals surface area contributed by atoms with Crippen LogP contribution < -0.4 is 0 Å². The van der Waals surface area contributed by atoms with Crippen LogP contribution >= 0.6 is 11.8 Å². The van der Waals surface area contributed by atoms with Crippen LogP contribution in [0.25, 0.3) is 11.1 Å². The topological polar surface area (TPSA) is 63.3 Å². The van der Waals surface area contributed by atoms with Gasteiger partial charge in [0.25, 0.3) is 0 Å². The second-order valence-corrected chi connectivity index (χ2v) is 5.69. The number of hydrogen-bond donors (Lipinski definition) is 1. The highest BCUT2D eigenvalue weighted by Gasteiger charge is 2.10. The summed E-state index contributed by atoms with van der Waals surface area (Å²) in [6.07, 6.45) is 0. The maximum absolute atomic E-state index is 11.1. The minimum atomic E-state index is -0.906. The number of carboxylic acid groups (broad SMARTS) is 1. The number of aromatic nitrogens is 1. The maximum Gasteiger partial charge on any atom is 0.335 e. The summed E-state index contributed by atoms with van der Waals surface area (Å²) in [5.74, 6) is 0.298. The first-order valence-corrected chi connectivity index (χ1v) is 7.43. The number of carbonyl (C=O) groups is 1. The second-order valence-electron chi connectivity index (χ2n) is 4.65. The molecular weight excluding hydrogens is 286 g/mol. The Morgan fingerprint density at radius 1 is 1.29 bits per heavy atom. The van der Waals surface area contributed by atoms with E-state index in [0.717, 1.165) is 21.6 Å². The van der Waals surface area contributed by atoms with E-state index in [9.17, 15) is 4.79 Å². The number of nitrogens with zero attached hydrogens (tertiary/aromatic N) is 1. The Labute approximate surface area is 125 Å². The van der Waals surface area contributed by atoms with Crippen molar-refractivity contribution in [3.8, 4) is 0 Å². The van der Waals surface area contributed by atoms with Gasteiger partial charge in [-0.2, -0.15) is 0 Å². The van der Waals surface area contributed by atoms with Crippen molar-refractivity contribution >= 4 is 28.8 Å². The third kappa shape index (κ3) is 2.92. The molecule has 4 nitrogen and oxygen atoms in total. The van der Waals surface area contributed by atoms with Crippen LogP contribution in [0.2, 0.25) is 0 Å². The average molecular weight is 299 g/mol. The third-order valence-electron chi connectivity index (χ3n) is 3.14. The number of aromatic carboxylic acids is 1. The van der Waals surface area contributed by atoms with Crippen molar-refractivity contribution in [3.05, 3.63) is 59.5 Å². The molecule has 2 aromatic carbocycles. The summed E-state index contributed by atoms with van der Waals surface area (Å²) in [4.78, 5) is 16.4. The zero-order valence-electron chi connectivity index (χ0n) is 11.4. The summed E-state index contributed by atoms with van der Waals surface area (Å²) < 4.78 is 5.64. The number of thioether (sulfide) groups is 1. The zero-order chi connectivity index (χ0) is 14.8. The Morgan fingerprint density at radius 2 is 2.10 bits per heavy atom.